The Morgan fingerprint density at radius 3 is 1.48 bits per heavy atom. The van der Waals surface area contributed by atoms with Gasteiger partial charge in [0.1, 0.15) is 17.3 Å². The van der Waals surface area contributed by atoms with E-state index in [9.17, 15) is 13.6 Å². The Morgan fingerprint density at radius 1 is 0.788 bits per heavy atom. The summed E-state index contributed by atoms with van der Waals surface area (Å²) >= 11 is 7.00. The molecule has 0 atom stereocenters. The molecular formula is C26H30Br2F2O3. The quantitative estimate of drug-likeness (QED) is 0.344. The van der Waals surface area contributed by atoms with E-state index in [1.165, 1.54) is 11.1 Å². The SMILES string of the molecule is Cc1cc(OCC2CC(=O)C2)cc(C)c1Br.Cc1cc(OCC2CC(F)(F)C2)cc(C)c1Br. The van der Waals surface area contributed by atoms with Crippen LogP contribution in [0.25, 0.3) is 0 Å². The highest BCUT2D eigenvalue weighted by Gasteiger charge is 2.45. The van der Waals surface area contributed by atoms with Gasteiger partial charge in [-0.05, 0) is 74.2 Å². The Morgan fingerprint density at radius 2 is 1.15 bits per heavy atom. The lowest BCUT2D eigenvalue weighted by Crippen LogP contribution is -2.38. The van der Waals surface area contributed by atoms with E-state index < -0.39 is 5.92 Å². The van der Waals surface area contributed by atoms with Gasteiger partial charge in [-0.2, -0.15) is 0 Å². The van der Waals surface area contributed by atoms with Crippen LogP contribution < -0.4 is 9.47 Å². The van der Waals surface area contributed by atoms with Crippen molar-refractivity contribution in [2.75, 3.05) is 13.2 Å². The predicted octanol–water partition coefficient (Wildman–Crippen LogP) is 7.91. The highest BCUT2D eigenvalue weighted by atomic mass is 79.9. The van der Waals surface area contributed by atoms with Crippen molar-refractivity contribution in [1.82, 2.24) is 0 Å². The lowest BCUT2D eigenvalue weighted by atomic mass is 9.82. The van der Waals surface area contributed by atoms with E-state index in [0.717, 1.165) is 31.6 Å². The van der Waals surface area contributed by atoms with Crippen molar-refractivity contribution in [3.05, 3.63) is 55.5 Å². The molecular weight excluding hydrogens is 558 g/mol. The van der Waals surface area contributed by atoms with Crippen molar-refractivity contribution < 1.29 is 23.0 Å². The van der Waals surface area contributed by atoms with Crippen molar-refractivity contribution in [2.24, 2.45) is 11.8 Å². The van der Waals surface area contributed by atoms with Gasteiger partial charge in [-0.3, -0.25) is 4.79 Å². The predicted molar refractivity (Wildman–Crippen MR) is 134 cm³/mol. The Labute approximate surface area is 211 Å². The molecule has 0 N–H and O–H groups in total. The number of hydrogen-bond donors (Lipinski definition) is 0. The number of rotatable bonds is 6. The van der Waals surface area contributed by atoms with Gasteiger partial charge >= 0.3 is 0 Å². The van der Waals surface area contributed by atoms with Crippen LogP contribution >= 0.6 is 31.9 Å². The fourth-order valence-electron chi connectivity index (χ4n) is 4.01. The van der Waals surface area contributed by atoms with E-state index in [4.69, 9.17) is 9.47 Å². The second kappa shape index (κ2) is 10.9. The van der Waals surface area contributed by atoms with Gasteiger partial charge in [-0.1, -0.05) is 31.9 Å². The van der Waals surface area contributed by atoms with Gasteiger partial charge in [-0.15, -0.1) is 0 Å². The molecule has 4 rings (SSSR count). The van der Waals surface area contributed by atoms with Crippen LogP contribution in [0.4, 0.5) is 8.78 Å². The molecule has 2 fully saturated rings. The van der Waals surface area contributed by atoms with Crippen molar-refractivity contribution in [2.45, 2.75) is 59.3 Å². The number of aryl methyl sites for hydroxylation is 4. The summed E-state index contributed by atoms with van der Waals surface area (Å²) in [6.07, 6.45) is 1.30. The number of ether oxygens (including phenoxy) is 2. The van der Waals surface area contributed by atoms with E-state index in [-0.39, 0.29) is 18.8 Å². The highest BCUT2D eigenvalue weighted by molar-refractivity contribution is 9.10. The number of carbonyl (C=O) groups excluding carboxylic acids is 1. The summed E-state index contributed by atoms with van der Waals surface area (Å²) in [4.78, 5) is 10.8. The fourth-order valence-corrected chi connectivity index (χ4v) is 4.47. The average molecular weight is 588 g/mol. The molecule has 7 heteroatoms. The topological polar surface area (TPSA) is 35.5 Å². The van der Waals surface area contributed by atoms with Crippen molar-refractivity contribution in [3.8, 4) is 11.5 Å². The monoisotopic (exact) mass is 586 g/mol. The number of carbonyl (C=O) groups is 1. The maximum atomic E-state index is 12.6. The van der Waals surface area contributed by atoms with Gasteiger partial charge in [0, 0.05) is 46.5 Å². The third kappa shape index (κ3) is 7.25. The second-order valence-corrected chi connectivity index (χ2v) is 10.9. The van der Waals surface area contributed by atoms with Gasteiger partial charge in [0.2, 0.25) is 5.92 Å². The first kappa shape index (κ1) is 26.1. The zero-order valence-electron chi connectivity index (χ0n) is 19.4. The molecule has 2 aromatic rings. The molecule has 2 aliphatic rings. The van der Waals surface area contributed by atoms with Crippen LogP contribution in [0.15, 0.2) is 33.2 Å². The minimum atomic E-state index is -2.46. The normalized spacial score (nSPS) is 17.5. The van der Waals surface area contributed by atoms with Gasteiger partial charge in [0.25, 0.3) is 0 Å². The molecule has 33 heavy (non-hydrogen) atoms. The van der Waals surface area contributed by atoms with Gasteiger partial charge in [0.05, 0.1) is 13.2 Å². The summed E-state index contributed by atoms with van der Waals surface area (Å²) in [7, 11) is 0. The van der Waals surface area contributed by atoms with Crippen LogP contribution in [0.2, 0.25) is 0 Å². The molecule has 3 nitrogen and oxygen atoms in total. The number of hydrogen-bond acceptors (Lipinski definition) is 3. The third-order valence-electron chi connectivity index (χ3n) is 6.00. The van der Waals surface area contributed by atoms with Crippen molar-refractivity contribution in [1.29, 1.82) is 0 Å². The lowest BCUT2D eigenvalue weighted by molar-refractivity contribution is -0.127. The van der Waals surface area contributed by atoms with Gasteiger partial charge in [0.15, 0.2) is 0 Å². The standard InChI is InChI=1S/C13H15BrF2O.C13H15BrO2/c1-8-3-11(4-9(2)12(8)14)17-7-10-5-13(15,16)6-10;1-8-3-12(4-9(2)13(8)14)16-7-10-5-11(15)6-10/h3-4,10H,5-7H2,1-2H3;3-4,10H,5-7H2,1-2H3. The van der Waals surface area contributed by atoms with Gasteiger partial charge in [-0.25, -0.2) is 8.78 Å². The summed E-state index contributed by atoms with van der Waals surface area (Å²) in [5.74, 6) is -0.0155. The minimum absolute atomic E-state index is 0.00532. The zero-order valence-corrected chi connectivity index (χ0v) is 22.6. The molecule has 0 radical (unpaired) electrons. The molecule has 180 valence electrons. The molecule has 0 heterocycles. The van der Waals surface area contributed by atoms with E-state index in [1.54, 1.807) is 0 Å². The zero-order chi connectivity index (χ0) is 24.3. The molecule has 0 spiro atoms. The first-order valence-electron chi connectivity index (χ1n) is 11.1. The molecule has 2 aliphatic carbocycles. The maximum absolute atomic E-state index is 12.6. The Balaban J connectivity index is 0.000000186. The second-order valence-electron chi connectivity index (χ2n) is 9.31. The molecule has 0 aromatic heterocycles. The average Bonchev–Trinajstić information content (AvgIpc) is 2.69. The maximum Gasteiger partial charge on any atom is 0.248 e. The van der Waals surface area contributed by atoms with Crippen LogP contribution in [0.5, 0.6) is 11.5 Å². The number of benzene rings is 2. The molecule has 2 saturated carbocycles. The summed E-state index contributed by atoms with van der Waals surface area (Å²) in [5.41, 5.74) is 4.55. The van der Waals surface area contributed by atoms with E-state index in [0.29, 0.717) is 37.8 Å². The number of halogens is 4. The summed E-state index contributed by atoms with van der Waals surface area (Å²) in [5, 5.41) is 0. The highest BCUT2D eigenvalue weighted by Crippen LogP contribution is 2.42. The Kier molecular flexibility index (Phi) is 8.60. The van der Waals surface area contributed by atoms with E-state index >= 15 is 0 Å². The molecule has 0 unspecified atom stereocenters. The van der Waals surface area contributed by atoms with Crippen molar-refractivity contribution in [3.63, 3.8) is 0 Å². The van der Waals surface area contributed by atoms with E-state index in [2.05, 4.69) is 45.7 Å². The molecule has 0 saturated heterocycles. The summed E-state index contributed by atoms with van der Waals surface area (Å²) < 4.78 is 38.7. The molecule has 2 aromatic carbocycles. The molecule has 0 bridgehead atoms. The summed E-state index contributed by atoms with van der Waals surface area (Å²) in [6.45, 7) is 9.12. The first-order valence-corrected chi connectivity index (χ1v) is 12.7. The van der Waals surface area contributed by atoms with Crippen molar-refractivity contribution >= 4 is 37.6 Å². The fraction of sp³-hybridized carbons (Fsp3) is 0.500. The number of alkyl halides is 2. The smallest absolute Gasteiger partial charge is 0.248 e. The Hall–Kier alpha value is -1.47. The van der Waals surface area contributed by atoms with Crippen LogP contribution in [-0.4, -0.2) is 24.9 Å². The number of Topliss-reactive ketones (excluding diaryl/α,β-unsaturated/α-hetero) is 1. The van der Waals surface area contributed by atoms with Crippen LogP contribution in [0.1, 0.15) is 47.9 Å². The Bertz CT molecular complexity index is 961. The van der Waals surface area contributed by atoms with Gasteiger partial charge < -0.3 is 9.47 Å². The van der Waals surface area contributed by atoms with E-state index in [1.807, 2.05) is 38.1 Å². The molecule has 0 aliphatic heterocycles. The minimum Gasteiger partial charge on any atom is -0.493 e. The number of ketones is 1. The molecule has 0 amide bonds. The van der Waals surface area contributed by atoms with Crippen LogP contribution in [0, 0.1) is 39.5 Å². The third-order valence-corrected chi connectivity index (χ3v) is 8.50. The largest absolute Gasteiger partial charge is 0.493 e. The first-order chi connectivity index (χ1) is 15.4. The lowest BCUT2D eigenvalue weighted by Gasteiger charge is -2.34. The van der Waals surface area contributed by atoms with Crippen LogP contribution in [0.3, 0.4) is 0 Å². The van der Waals surface area contributed by atoms with Crippen LogP contribution in [-0.2, 0) is 4.79 Å². The summed E-state index contributed by atoms with van der Waals surface area (Å²) in [6, 6.07) is 7.90.